The van der Waals surface area contributed by atoms with Crippen molar-refractivity contribution in [3.63, 3.8) is 0 Å². The third-order valence-corrected chi connectivity index (χ3v) is 4.92. The maximum absolute atomic E-state index is 13.5. The van der Waals surface area contributed by atoms with E-state index in [1.165, 1.54) is 0 Å². The molecule has 0 N–H and O–H groups in total. The summed E-state index contributed by atoms with van der Waals surface area (Å²) in [4.78, 5) is 13.5. The lowest BCUT2D eigenvalue weighted by Gasteiger charge is -2.50. The molecule has 1 heteroatoms. The van der Waals surface area contributed by atoms with Gasteiger partial charge in [0, 0.05) is 11.5 Å². The van der Waals surface area contributed by atoms with Gasteiger partial charge in [-0.25, -0.2) is 0 Å². The van der Waals surface area contributed by atoms with Gasteiger partial charge >= 0.3 is 0 Å². The number of ketones is 1. The number of benzene rings is 2. The first kappa shape index (κ1) is 17.2. The molecular weight excluding hydrogens is 304 g/mol. The summed E-state index contributed by atoms with van der Waals surface area (Å²) in [5.74, 6) is 0.214. The molecular formula is C24H24O. The number of carbonyl (C=O) groups excluding carboxylic acids is 1. The smallest absolute Gasteiger partial charge is 0.175 e. The van der Waals surface area contributed by atoms with E-state index in [-0.39, 0.29) is 11.7 Å². The highest BCUT2D eigenvalue weighted by Crippen LogP contribution is 2.55. The Balaban J connectivity index is 2.32. The molecule has 1 unspecified atom stereocenters. The van der Waals surface area contributed by atoms with Crippen molar-refractivity contribution < 1.29 is 4.79 Å². The topological polar surface area (TPSA) is 17.1 Å². The van der Waals surface area contributed by atoms with E-state index < -0.39 is 5.41 Å². The average molecular weight is 328 g/mol. The maximum Gasteiger partial charge on any atom is 0.175 e. The van der Waals surface area contributed by atoms with Gasteiger partial charge in [0.05, 0.1) is 5.41 Å². The van der Waals surface area contributed by atoms with Gasteiger partial charge in [0.25, 0.3) is 0 Å². The average Bonchev–Trinajstić information content (AvgIpc) is 2.60. The fraction of sp³-hybridized carbons (Fsp3) is 0.250. The van der Waals surface area contributed by atoms with Crippen LogP contribution in [0.15, 0.2) is 89.2 Å². The number of allylic oxidation sites excluding steroid dienone is 3. The highest BCUT2D eigenvalue weighted by atomic mass is 16.1. The van der Waals surface area contributed by atoms with Gasteiger partial charge in [0.15, 0.2) is 5.78 Å². The molecule has 1 nitrogen and oxygen atoms in total. The number of hydrogen-bond acceptors (Lipinski definition) is 1. The predicted octanol–water partition coefficient (Wildman–Crippen LogP) is 5.63. The summed E-state index contributed by atoms with van der Waals surface area (Å²) in [5.41, 5.74) is 7.91. The highest BCUT2D eigenvalue weighted by molar-refractivity contribution is 6.15. The second-order valence-corrected chi connectivity index (χ2v) is 7.07. The minimum atomic E-state index is -0.655. The Morgan fingerprint density at radius 3 is 1.76 bits per heavy atom. The Morgan fingerprint density at radius 2 is 1.36 bits per heavy atom. The van der Waals surface area contributed by atoms with E-state index in [0.29, 0.717) is 0 Å². The first-order valence-electron chi connectivity index (χ1n) is 8.72. The predicted molar refractivity (Wildman–Crippen MR) is 103 cm³/mol. The summed E-state index contributed by atoms with van der Waals surface area (Å²) >= 11 is 0. The summed E-state index contributed by atoms with van der Waals surface area (Å²) in [6.45, 7) is 8.12. The fourth-order valence-corrected chi connectivity index (χ4v) is 3.82. The van der Waals surface area contributed by atoms with Gasteiger partial charge in [-0.2, -0.15) is 0 Å². The van der Waals surface area contributed by atoms with Gasteiger partial charge in [-0.3, -0.25) is 4.79 Å². The molecule has 2 aromatic carbocycles. The van der Waals surface area contributed by atoms with Crippen LogP contribution in [0.4, 0.5) is 0 Å². The third-order valence-electron chi connectivity index (χ3n) is 4.92. The van der Waals surface area contributed by atoms with Crippen LogP contribution in [0.25, 0.3) is 0 Å². The zero-order chi connectivity index (χ0) is 18.0. The molecule has 1 atom stereocenters. The third kappa shape index (κ3) is 2.71. The molecule has 0 amide bonds. The van der Waals surface area contributed by atoms with E-state index in [0.717, 1.165) is 27.8 Å². The Bertz CT molecular complexity index is 831. The van der Waals surface area contributed by atoms with Gasteiger partial charge < -0.3 is 0 Å². The zero-order valence-corrected chi connectivity index (χ0v) is 15.3. The highest BCUT2D eigenvalue weighted by Gasteiger charge is 2.59. The molecule has 1 fully saturated rings. The minimum Gasteiger partial charge on any atom is -0.293 e. The Hall–Kier alpha value is -2.63. The molecule has 3 rings (SSSR count). The van der Waals surface area contributed by atoms with Gasteiger partial charge in [-0.05, 0) is 50.5 Å². The monoisotopic (exact) mass is 328 g/mol. The lowest BCUT2D eigenvalue weighted by molar-refractivity contribution is -0.126. The summed E-state index contributed by atoms with van der Waals surface area (Å²) in [5, 5.41) is 0. The van der Waals surface area contributed by atoms with Crippen molar-refractivity contribution in [3.05, 3.63) is 100 Å². The Kier molecular flexibility index (Phi) is 4.61. The van der Waals surface area contributed by atoms with Crippen molar-refractivity contribution in [2.45, 2.75) is 33.1 Å². The lowest BCUT2D eigenvalue weighted by atomic mass is 9.49. The van der Waals surface area contributed by atoms with Gasteiger partial charge in [-0.15, -0.1) is 5.73 Å². The van der Waals surface area contributed by atoms with Crippen LogP contribution in [0, 0.1) is 5.92 Å². The van der Waals surface area contributed by atoms with Crippen molar-refractivity contribution in [3.8, 4) is 0 Å². The van der Waals surface area contributed by atoms with Crippen LogP contribution in [0.5, 0.6) is 0 Å². The zero-order valence-electron chi connectivity index (χ0n) is 15.3. The molecule has 0 saturated heterocycles. The summed E-state index contributed by atoms with van der Waals surface area (Å²) in [6.07, 6.45) is 2.08. The molecule has 0 heterocycles. The van der Waals surface area contributed by atoms with E-state index in [1.807, 2.05) is 64.1 Å². The van der Waals surface area contributed by atoms with Crippen molar-refractivity contribution in [2.24, 2.45) is 5.92 Å². The van der Waals surface area contributed by atoms with Crippen LogP contribution >= 0.6 is 0 Å². The molecule has 0 radical (unpaired) electrons. The Labute approximate surface area is 150 Å². The van der Waals surface area contributed by atoms with Crippen LogP contribution in [0.1, 0.15) is 38.8 Å². The molecule has 0 bridgehead atoms. The van der Waals surface area contributed by atoms with Gasteiger partial charge in [0.1, 0.15) is 0 Å². The molecule has 2 aromatic rings. The molecule has 1 saturated carbocycles. The van der Waals surface area contributed by atoms with Crippen LogP contribution in [-0.2, 0) is 10.2 Å². The molecule has 25 heavy (non-hydrogen) atoms. The fourth-order valence-electron chi connectivity index (χ4n) is 3.82. The molecule has 0 aliphatic heterocycles. The second-order valence-electron chi connectivity index (χ2n) is 7.07. The standard InChI is InChI=1S/C24H24O/c1-17(2)15-16-21-22(18(3)4)23(25)24(21,19-11-7-5-8-12-19)20-13-9-6-10-14-20/h5-14,16,21H,1-4H3. The first-order chi connectivity index (χ1) is 12.0. The first-order valence-corrected chi connectivity index (χ1v) is 8.72. The van der Waals surface area contributed by atoms with Crippen LogP contribution < -0.4 is 0 Å². The van der Waals surface area contributed by atoms with E-state index in [4.69, 9.17) is 0 Å². The van der Waals surface area contributed by atoms with Crippen LogP contribution in [0.2, 0.25) is 0 Å². The van der Waals surface area contributed by atoms with Gasteiger partial charge in [0.2, 0.25) is 0 Å². The summed E-state index contributed by atoms with van der Waals surface area (Å²) in [7, 11) is 0. The van der Waals surface area contributed by atoms with E-state index >= 15 is 0 Å². The van der Waals surface area contributed by atoms with E-state index in [9.17, 15) is 4.79 Å². The number of Topliss-reactive ketones (excluding diaryl/α,β-unsaturated/α-hetero) is 1. The minimum absolute atomic E-state index is 0.00435. The molecule has 126 valence electrons. The Morgan fingerprint density at radius 1 is 0.880 bits per heavy atom. The molecule has 0 spiro atoms. The summed E-state index contributed by atoms with van der Waals surface area (Å²) < 4.78 is 0. The van der Waals surface area contributed by atoms with Crippen LogP contribution in [0.3, 0.4) is 0 Å². The number of rotatable bonds is 3. The van der Waals surface area contributed by atoms with Crippen molar-refractivity contribution >= 4 is 5.78 Å². The van der Waals surface area contributed by atoms with Gasteiger partial charge in [-0.1, -0.05) is 66.2 Å². The number of hydrogen-bond donors (Lipinski definition) is 0. The molecule has 0 aromatic heterocycles. The lowest BCUT2D eigenvalue weighted by Crippen LogP contribution is -2.56. The second kappa shape index (κ2) is 6.70. The maximum atomic E-state index is 13.5. The van der Waals surface area contributed by atoms with Crippen molar-refractivity contribution in [1.82, 2.24) is 0 Å². The normalized spacial score (nSPS) is 18.2. The number of carbonyl (C=O) groups is 1. The molecule has 1 aliphatic rings. The SMILES string of the molecule is CC(C)=C=CC1C(=C(C)C)C(=O)C1(c1ccccc1)c1ccccc1. The summed E-state index contributed by atoms with van der Waals surface area (Å²) in [6, 6.07) is 20.3. The van der Waals surface area contributed by atoms with E-state index in [2.05, 4.69) is 36.1 Å². The van der Waals surface area contributed by atoms with Crippen molar-refractivity contribution in [2.75, 3.05) is 0 Å². The van der Waals surface area contributed by atoms with E-state index in [1.54, 1.807) is 0 Å². The molecule has 1 aliphatic carbocycles. The quantitative estimate of drug-likeness (QED) is 0.527. The van der Waals surface area contributed by atoms with Crippen LogP contribution in [-0.4, -0.2) is 5.78 Å². The van der Waals surface area contributed by atoms with Crippen molar-refractivity contribution in [1.29, 1.82) is 0 Å². The largest absolute Gasteiger partial charge is 0.293 e.